The summed E-state index contributed by atoms with van der Waals surface area (Å²) < 4.78 is 87.9. The molecule has 0 aromatic heterocycles. The van der Waals surface area contributed by atoms with Crippen molar-refractivity contribution >= 4 is 21.5 Å². The summed E-state index contributed by atoms with van der Waals surface area (Å²) in [6, 6.07) is 16.0. The number of nitrogens with zero attached hydrogens (tertiary/aromatic N) is 2. The molecule has 0 saturated carbocycles. The number of hydrogen-bond donors (Lipinski definition) is 20. The van der Waals surface area contributed by atoms with Crippen molar-refractivity contribution in [3.8, 4) is 12.1 Å². The Morgan fingerprint density at radius 1 is 0.292 bits per heavy atom. The van der Waals surface area contributed by atoms with E-state index in [1.165, 1.54) is 0 Å². The van der Waals surface area contributed by atoms with Crippen molar-refractivity contribution in [2.24, 2.45) is 0 Å². The van der Waals surface area contributed by atoms with Crippen LogP contribution in [-0.4, -0.2) is 363 Å². The molecule has 20 N–H and O–H groups in total. The van der Waals surface area contributed by atoms with Crippen LogP contribution in [-0.2, 0) is 77.7 Å². The van der Waals surface area contributed by atoms with E-state index in [9.17, 15) is 113 Å². The Bertz CT molecular complexity index is 3150. The molecule has 14 bridgehead atoms. The molecule has 21 saturated heterocycles. The van der Waals surface area contributed by atoms with E-state index in [0.717, 1.165) is 0 Å². The van der Waals surface area contributed by atoms with E-state index in [1.807, 2.05) is 0 Å². The summed E-state index contributed by atoms with van der Waals surface area (Å²) in [5, 5.41) is 248. The summed E-state index contributed by atoms with van der Waals surface area (Å²) in [7, 11) is 0. The van der Waals surface area contributed by atoms with Gasteiger partial charge in [0.15, 0.2) is 44.0 Å². The fourth-order valence-corrected chi connectivity index (χ4v) is 13.3. The van der Waals surface area contributed by atoms with Gasteiger partial charge in [-0.15, -0.1) is 0 Å². The first-order valence-electron chi connectivity index (χ1n) is 30.7. The molecule has 21 fully saturated rings. The smallest absolute Gasteiger partial charge is 0.187 e. The lowest BCUT2D eigenvalue weighted by Gasteiger charge is -2.50. The van der Waals surface area contributed by atoms with Crippen molar-refractivity contribution in [2.45, 2.75) is 222 Å². The van der Waals surface area contributed by atoms with Gasteiger partial charge in [0.05, 0.1) is 64.0 Å². The monoisotopic (exact) mass is 1370 g/mol. The van der Waals surface area contributed by atoms with Crippen LogP contribution in [0.3, 0.4) is 0 Å². The summed E-state index contributed by atoms with van der Waals surface area (Å²) in [5.74, 6) is 0. The summed E-state index contributed by atoms with van der Waals surface area (Å²) in [6.07, 6.45) is -71.5. The number of nitriles is 2. The highest BCUT2D eigenvalue weighted by molar-refractivity contribution is 6.09. The predicted octanol–water partition coefficient (Wildman–Crippen LogP) is -11.0. The summed E-state index contributed by atoms with van der Waals surface area (Å²) in [6.45, 7) is -7.39. The van der Waals surface area contributed by atoms with Crippen LogP contribution in [0.4, 0.5) is 0 Å². The lowest BCUT2D eigenvalue weighted by Crippen LogP contribution is -2.68. The second-order valence-corrected chi connectivity index (χ2v) is 24.4. The van der Waals surface area contributed by atoms with Gasteiger partial charge >= 0.3 is 0 Å². The quantitative estimate of drug-likeness (QED) is 0.0838. The maximum atomic E-state index is 12.0. The second kappa shape index (κ2) is 30.9. The van der Waals surface area contributed by atoms with Crippen LogP contribution < -0.4 is 0 Å². The zero-order chi connectivity index (χ0) is 68.9. The van der Waals surface area contributed by atoms with E-state index in [1.54, 1.807) is 42.5 Å². The molecule has 3 aromatic carbocycles. The van der Waals surface area contributed by atoms with Crippen molar-refractivity contribution in [3.05, 3.63) is 59.2 Å². The Balaban J connectivity index is 0.894. The highest BCUT2D eigenvalue weighted by Gasteiger charge is 2.60. The molecule has 24 rings (SSSR count). The Morgan fingerprint density at radius 2 is 0.521 bits per heavy atom. The minimum atomic E-state index is -2.27. The molecule has 0 spiro atoms. The van der Waals surface area contributed by atoms with Gasteiger partial charge in [-0.1, -0.05) is 36.4 Å². The molecule has 35 atom stereocenters. The van der Waals surface area contributed by atoms with Crippen LogP contribution in [0.25, 0.3) is 21.5 Å². The largest absolute Gasteiger partial charge is 0.394 e. The number of fused-ring (bicyclic) bond motifs is 2. The fourth-order valence-electron chi connectivity index (χ4n) is 13.3. The number of rotatable bonds is 10. The lowest BCUT2D eigenvalue weighted by atomic mass is 9.92. The minimum absolute atomic E-state index is 0.247. The number of benzene rings is 3. The second-order valence-electron chi connectivity index (χ2n) is 24.4. The first-order valence-corrected chi connectivity index (χ1v) is 30.7. The number of hydrogen-bond acceptors (Lipinski definition) is 37. The zero-order valence-electron chi connectivity index (χ0n) is 50.4. The van der Waals surface area contributed by atoms with Gasteiger partial charge in [-0.25, -0.2) is 0 Å². The van der Waals surface area contributed by atoms with Gasteiger partial charge in [-0.2, -0.15) is 10.5 Å². The van der Waals surface area contributed by atoms with Crippen LogP contribution in [0.5, 0.6) is 0 Å². The molecule has 21 aliphatic heterocycles. The van der Waals surface area contributed by atoms with Gasteiger partial charge in [-0.3, -0.25) is 0 Å². The Kier molecular flexibility index (Phi) is 23.5. The molecule has 21 heterocycles. The van der Waals surface area contributed by atoms with Gasteiger partial charge in [0, 0.05) is 21.5 Å². The molecular weight excluding hydrogens is 1300 g/mol. The normalized spacial score (nSPS) is 46.6. The molecule has 0 amide bonds. The van der Waals surface area contributed by atoms with E-state index < -0.39 is 261 Å². The van der Waals surface area contributed by atoms with Gasteiger partial charge in [0.2, 0.25) is 0 Å². The zero-order valence-corrected chi connectivity index (χ0v) is 50.4. The van der Waals surface area contributed by atoms with Gasteiger partial charge < -0.3 is 173 Å². The van der Waals surface area contributed by atoms with Gasteiger partial charge in [-0.05, 0) is 11.6 Å². The first kappa shape index (κ1) is 73.0. The van der Waals surface area contributed by atoms with Crippen molar-refractivity contribution in [2.75, 3.05) is 46.2 Å². The maximum Gasteiger partial charge on any atom is 0.187 e. The van der Waals surface area contributed by atoms with Crippen molar-refractivity contribution < 1.29 is 173 Å². The minimum Gasteiger partial charge on any atom is -0.394 e. The third kappa shape index (κ3) is 13.9. The molecule has 3 aromatic rings. The molecule has 0 radical (unpaired) electrons. The van der Waals surface area contributed by atoms with Gasteiger partial charge in [0.25, 0.3) is 0 Å². The Morgan fingerprint density at radius 3 is 0.771 bits per heavy atom. The average molecular weight is 1380 g/mol. The molecular formula is C59H78N2O35. The van der Waals surface area contributed by atoms with Crippen LogP contribution >= 0.6 is 0 Å². The van der Waals surface area contributed by atoms with Crippen LogP contribution in [0.2, 0.25) is 0 Å². The molecule has 37 heteroatoms. The lowest BCUT2D eigenvalue weighted by molar-refractivity contribution is -0.397. The average Bonchev–Trinajstić information content (AvgIpc) is 0.767. The molecule has 96 heavy (non-hydrogen) atoms. The number of aliphatic hydroxyl groups excluding tert-OH is 20. The van der Waals surface area contributed by atoms with E-state index in [-0.39, 0.29) is 12.2 Å². The molecule has 21 aliphatic rings. The first-order chi connectivity index (χ1) is 46.0. The van der Waals surface area contributed by atoms with Crippen LogP contribution in [0.15, 0.2) is 42.5 Å². The standard InChI is InChI=1S/C59H78N2O35/c60-8-23-19-3-1-2-4-20(19)24(9-61)22-7-18(5-6-21(22)23)16-82-17-31-52-38(74)45(81)59(89-31)95-51-30(15-67)87-57(43(79)36(51)72)93-49-28(13-65)85-55(41(77)34(49)70)91-47-26(11-63)83-53(39(75)32(47)68)90-46-25(10-62)84-54(40(76)33(46)69)92-48-27(12-64)86-56(42(78)35(48)71)94-50-29(14-66)88-58(96-52)44(80)37(50)73/h1-7,25-59,62-81H,10-17H2/t25-,26-,27-,28-,29-,30-,31-,32-,33-,34-,35-,36-,37-,38-,39-,40-,41-,42-,43-,44-,45-,46-,47-,48-,49-,50-,51-,52-,53-,54-,55-,56-,57-,58-,59-/m1/s1. The summed E-state index contributed by atoms with van der Waals surface area (Å²) in [5.41, 5.74) is 0.963. The molecule has 534 valence electrons. The third-order valence-corrected chi connectivity index (χ3v) is 18.5. The van der Waals surface area contributed by atoms with E-state index >= 15 is 0 Å². The molecule has 0 unspecified atom stereocenters. The van der Waals surface area contributed by atoms with Crippen LogP contribution in [0, 0.1) is 22.7 Å². The third-order valence-electron chi connectivity index (χ3n) is 18.5. The maximum absolute atomic E-state index is 12.0. The predicted molar refractivity (Wildman–Crippen MR) is 302 cm³/mol. The fraction of sp³-hybridized carbons (Fsp3) is 0.729. The van der Waals surface area contributed by atoms with Crippen molar-refractivity contribution in [1.82, 2.24) is 0 Å². The van der Waals surface area contributed by atoms with Crippen molar-refractivity contribution in [1.29, 1.82) is 10.5 Å². The molecule has 37 nitrogen and oxygen atoms in total. The van der Waals surface area contributed by atoms with Crippen LogP contribution in [0.1, 0.15) is 16.7 Å². The number of ether oxygens (including phenoxy) is 15. The van der Waals surface area contributed by atoms with E-state index in [2.05, 4.69) is 12.1 Å². The van der Waals surface area contributed by atoms with E-state index in [0.29, 0.717) is 32.7 Å². The topological polar surface area (TPSA) is 591 Å². The summed E-state index contributed by atoms with van der Waals surface area (Å²) in [4.78, 5) is 0. The SMILES string of the molecule is N#Cc1c2ccccc2c(C#N)c2cc(COC[C@H]3O[C@@H]4O[C@H]5[C@H](O)[C@@H](O)[C@@H](O[C@H]6[C@H](O)[C@@H](O)[C@@H](O[C@H]7[C@H](O)[C@@H](O)[C@@H](O[C@H]8[C@H](O)[C@@H](O)[C@@H](O[C@H]9[C@H](O)[C@@H](O)[C@@H](O[C@H]%10[C@H](O)[C@@H](O)[C@@H](O[C@H]3[C@H](O)[C@H]4O)O[C@@H]%10CO)O[C@@H]9CO)O[C@@H]8CO)O[C@@H]7CO)O[C@@H]6CO)O[C@@H]5CO)ccc12. The highest BCUT2D eigenvalue weighted by Crippen LogP contribution is 2.40. The van der Waals surface area contributed by atoms with E-state index in [4.69, 9.17) is 71.1 Å². The molecule has 0 aliphatic carbocycles. The summed E-state index contributed by atoms with van der Waals surface area (Å²) >= 11 is 0. The highest BCUT2D eigenvalue weighted by atomic mass is 16.8. The van der Waals surface area contributed by atoms with Crippen molar-refractivity contribution in [3.63, 3.8) is 0 Å². The number of aliphatic hydroxyl groups is 20. The Labute approximate surface area is 543 Å². The van der Waals surface area contributed by atoms with Gasteiger partial charge in [0.1, 0.15) is 183 Å². The Hall–Kier alpha value is -4.24.